The van der Waals surface area contributed by atoms with Gasteiger partial charge in [0.1, 0.15) is 17.5 Å². The Kier molecular flexibility index (Phi) is 6.22. The summed E-state index contributed by atoms with van der Waals surface area (Å²) in [6.45, 7) is 1.97. The van der Waals surface area contributed by atoms with Crippen molar-refractivity contribution in [3.63, 3.8) is 0 Å². The van der Waals surface area contributed by atoms with Gasteiger partial charge in [0, 0.05) is 24.9 Å². The Morgan fingerprint density at radius 3 is 2.86 bits per heavy atom. The highest BCUT2D eigenvalue weighted by Crippen LogP contribution is 2.29. The molecule has 0 amide bonds. The summed E-state index contributed by atoms with van der Waals surface area (Å²) in [7, 11) is 0. The zero-order valence-corrected chi connectivity index (χ0v) is 16.6. The molecule has 7 heteroatoms. The normalized spacial score (nSPS) is 16.4. The molecule has 5 nitrogen and oxygen atoms in total. The van der Waals surface area contributed by atoms with Gasteiger partial charge in [-0.05, 0) is 48.7 Å². The van der Waals surface area contributed by atoms with Gasteiger partial charge in [-0.2, -0.15) is 0 Å². The number of rotatable bonds is 6. The Labute approximate surface area is 174 Å². The van der Waals surface area contributed by atoms with Crippen LogP contribution >= 0.6 is 11.6 Å². The van der Waals surface area contributed by atoms with Crippen LogP contribution < -0.4 is 10.6 Å². The van der Waals surface area contributed by atoms with E-state index in [2.05, 4.69) is 20.6 Å². The summed E-state index contributed by atoms with van der Waals surface area (Å²) in [6, 6.07) is 14.3. The molecule has 4 rings (SSSR count). The molecule has 0 saturated carbocycles. The lowest BCUT2D eigenvalue weighted by atomic mass is 10.1. The highest BCUT2D eigenvalue weighted by molar-refractivity contribution is 6.33. The van der Waals surface area contributed by atoms with E-state index >= 15 is 0 Å². The predicted octanol–water partition coefficient (Wildman–Crippen LogP) is 5.14. The number of halogens is 2. The molecule has 150 valence electrons. The molecular weight excluding hydrogens is 391 g/mol. The van der Waals surface area contributed by atoms with Crippen LogP contribution in [0.5, 0.6) is 0 Å². The molecule has 2 aromatic heterocycles. The quantitative estimate of drug-likeness (QED) is 0.587. The van der Waals surface area contributed by atoms with E-state index in [1.807, 2.05) is 30.3 Å². The third kappa shape index (κ3) is 5.22. The van der Waals surface area contributed by atoms with Crippen LogP contribution in [0.15, 0.2) is 54.7 Å². The summed E-state index contributed by atoms with van der Waals surface area (Å²) < 4.78 is 18.9. The maximum Gasteiger partial charge on any atom is 0.126 e. The van der Waals surface area contributed by atoms with Crippen molar-refractivity contribution in [2.45, 2.75) is 25.4 Å². The minimum atomic E-state index is -0.252. The van der Waals surface area contributed by atoms with Crippen LogP contribution in [0.4, 0.5) is 16.0 Å². The average molecular weight is 413 g/mol. The molecule has 1 aliphatic rings. The lowest BCUT2D eigenvalue weighted by Gasteiger charge is -2.23. The molecule has 1 aromatic carbocycles. The number of pyridine rings is 2. The van der Waals surface area contributed by atoms with E-state index < -0.39 is 0 Å². The molecule has 3 aromatic rings. The van der Waals surface area contributed by atoms with Crippen LogP contribution in [0.1, 0.15) is 18.4 Å². The number of aromatic nitrogens is 2. The van der Waals surface area contributed by atoms with Crippen molar-refractivity contribution in [2.75, 3.05) is 23.8 Å². The summed E-state index contributed by atoms with van der Waals surface area (Å²) in [5, 5.41) is 7.17. The maximum absolute atomic E-state index is 13.4. The first kappa shape index (κ1) is 19.6. The SMILES string of the molecule is Fc1cccc(CNc2cccc(-c3cc(N[C@@H]4CCCOC4)ncc3Cl)n2)c1. The number of hydrogen-bond acceptors (Lipinski definition) is 5. The molecule has 29 heavy (non-hydrogen) atoms. The predicted molar refractivity (Wildman–Crippen MR) is 114 cm³/mol. The monoisotopic (exact) mass is 412 g/mol. The van der Waals surface area contributed by atoms with Crippen LogP contribution in [-0.2, 0) is 11.3 Å². The topological polar surface area (TPSA) is 59.1 Å². The summed E-state index contributed by atoms with van der Waals surface area (Å²) in [6.07, 6.45) is 3.73. The third-order valence-electron chi connectivity index (χ3n) is 4.76. The second kappa shape index (κ2) is 9.20. The van der Waals surface area contributed by atoms with Gasteiger partial charge in [-0.25, -0.2) is 14.4 Å². The van der Waals surface area contributed by atoms with Crippen LogP contribution in [0.3, 0.4) is 0 Å². The van der Waals surface area contributed by atoms with Gasteiger partial charge in [-0.15, -0.1) is 0 Å². The Balaban J connectivity index is 1.50. The standard InChI is InChI=1S/C22H22ClFN4O/c23-19-13-26-22(27-17-6-3-9-29-14-17)11-18(19)20-7-2-8-21(28-20)25-12-15-4-1-5-16(24)10-15/h1-2,4-5,7-8,10-11,13,17H,3,6,9,12,14H2,(H,25,28)(H,26,27)/t17-/m1/s1. The van der Waals surface area contributed by atoms with Gasteiger partial charge in [0.2, 0.25) is 0 Å². The summed E-state index contributed by atoms with van der Waals surface area (Å²) in [5.41, 5.74) is 2.39. The van der Waals surface area contributed by atoms with E-state index in [1.165, 1.54) is 12.1 Å². The number of nitrogens with one attached hydrogen (secondary N) is 2. The first-order chi connectivity index (χ1) is 14.2. The van der Waals surface area contributed by atoms with Crippen molar-refractivity contribution in [1.82, 2.24) is 9.97 Å². The maximum atomic E-state index is 13.4. The minimum Gasteiger partial charge on any atom is -0.379 e. The second-order valence-electron chi connectivity index (χ2n) is 7.00. The molecule has 3 heterocycles. The Hall–Kier alpha value is -2.70. The lowest BCUT2D eigenvalue weighted by molar-refractivity contribution is 0.0875. The Morgan fingerprint density at radius 1 is 1.14 bits per heavy atom. The van der Waals surface area contributed by atoms with Crippen molar-refractivity contribution < 1.29 is 9.13 Å². The first-order valence-corrected chi connectivity index (χ1v) is 10.0. The highest BCUT2D eigenvalue weighted by atomic mass is 35.5. The van der Waals surface area contributed by atoms with E-state index in [4.69, 9.17) is 16.3 Å². The molecular formula is C22H22ClFN4O. The zero-order valence-electron chi connectivity index (χ0n) is 15.9. The molecule has 0 radical (unpaired) electrons. The van der Waals surface area contributed by atoms with Crippen molar-refractivity contribution in [3.8, 4) is 11.3 Å². The number of nitrogens with zero attached hydrogens (tertiary/aromatic N) is 2. The minimum absolute atomic E-state index is 0.248. The highest BCUT2D eigenvalue weighted by Gasteiger charge is 2.15. The van der Waals surface area contributed by atoms with Crippen molar-refractivity contribution in [1.29, 1.82) is 0 Å². The largest absolute Gasteiger partial charge is 0.379 e. The summed E-state index contributed by atoms with van der Waals surface area (Å²) in [5.74, 6) is 1.19. The fourth-order valence-corrected chi connectivity index (χ4v) is 3.50. The van der Waals surface area contributed by atoms with Gasteiger partial charge in [0.05, 0.1) is 23.4 Å². The van der Waals surface area contributed by atoms with Gasteiger partial charge < -0.3 is 15.4 Å². The molecule has 2 N–H and O–H groups in total. The lowest BCUT2D eigenvalue weighted by Crippen LogP contribution is -2.30. The number of ether oxygens (including phenoxy) is 1. The number of benzene rings is 1. The van der Waals surface area contributed by atoms with Gasteiger partial charge in [0.15, 0.2) is 0 Å². The number of anilines is 2. The summed E-state index contributed by atoms with van der Waals surface area (Å²) in [4.78, 5) is 9.05. The molecule has 0 spiro atoms. The molecule has 1 aliphatic heterocycles. The third-order valence-corrected chi connectivity index (χ3v) is 5.06. The van der Waals surface area contributed by atoms with Crippen LogP contribution in [0.2, 0.25) is 5.02 Å². The summed E-state index contributed by atoms with van der Waals surface area (Å²) >= 11 is 6.40. The molecule has 1 atom stereocenters. The van der Waals surface area contributed by atoms with Gasteiger partial charge in [0.25, 0.3) is 0 Å². The van der Waals surface area contributed by atoms with E-state index in [9.17, 15) is 4.39 Å². The molecule has 1 saturated heterocycles. The Morgan fingerprint density at radius 2 is 2.03 bits per heavy atom. The molecule has 0 bridgehead atoms. The van der Waals surface area contributed by atoms with Gasteiger partial charge in [-0.1, -0.05) is 29.8 Å². The Bertz CT molecular complexity index is 979. The van der Waals surface area contributed by atoms with Crippen molar-refractivity contribution >= 4 is 23.2 Å². The first-order valence-electron chi connectivity index (χ1n) is 9.63. The van der Waals surface area contributed by atoms with Crippen LogP contribution in [0.25, 0.3) is 11.3 Å². The van der Waals surface area contributed by atoms with Gasteiger partial charge >= 0.3 is 0 Å². The molecule has 0 aliphatic carbocycles. The fraction of sp³-hybridized carbons (Fsp3) is 0.273. The fourth-order valence-electron chi connectivity index (χ4n) is 3.30. The van der Waals surface area contributed by atoms with E-state index in [-0.39, 0.29) is 11.9 Å². The van der Waals surface area contributed by atoms with Gasteiger partial charge in [-0.3, -0.25) is 0 Å². The van der Waals surface area contributed by atoms with Crippen molar-refractivity contribution in [2.24, 2.45) is 0 Å². The zero-order chi connectivity index (χ0) is 20.1. The number of hydrogen-bond donors (Lipinski definition) is 2. The van der Waals surface area contributed by atoms with E-state index in [0.717, 1.165) is 42.1 Å². The molecule has 1 fully saturated rings. The second-order valence-corrected chi connectivity index (χ2v) is 7.41. The smallest absolute Gasteiger partial charge is 0.126 e. The molecule has 0 unspecified atom stereocenters. The van der Waals surface area contributed by atoms with E-state index in [0.29, 0.717) is 24.0 Å². The van der Waals surface area contributed by atoms with Crippen molar-refractivity contribution in [3.05, 3.63) is 71.1 Å². The van der Waals surface area contributed by atoms with Crippen LogP contribution in [0, 0.1) is 5.82 Å². The van der Waals surface area contributed by atoms with Crippen LogP contribution in [-0.4, -0.2) is 29.2 Å². The average Bonchev–Trinajstić information content (AvgIpc) is 2.75. The van der Waals surface area contributed by atoms with E-state index in [1.54, 1.807) is 12.3 Å².